The van der Waals surface area contributed by atoms with E-state index in [1.165, 1.54) is 0 Å². The van der Waals surface area contributed by atoms with Crippen LogP contribution in [0.1, 0.15) is 29.6 Å². The summed E-state index contributed by atoms with van der Waals surface area (Å²) < 4.78 is 0. The van der Waals surface area contributed by atoms with Gasteiger partial charge < -0.3 is 4.90 Å². The highest BCUT2D eigenvalue weighted by Gasteiger charge is 2.16. The quantitative estimate of drug-likeness (QED) is 0.743. The van der Waals surface area contributed by atoms with E-state index in [0.29, 0.717) is 25.0 Å². The molecule has 3 nitrogen and oxygen atoms in total. The van der Waals surface area contributed by atoms with Crippen LogP contribution in [-0.4, -0.2) is 36.1 Å². The standard InChI is InChI=1S/C14H17NO2/c16-13-6-9-15(10-7-13)11-8-14(17)12-4-2-1-3-5-12/h1-5H,6-11H2. The fraction of sp³-hybridized carbons (Fsp3) is 0.429. The first-order valence-corrected chi connectivity index (χ1v) is 6.08. The van der Waals surface area contributed by atoms with E-state index in [-0.39, 0.29) is 5.78 Å². The number of hydrogen-bond donors (Lipinski definition) is 0. The van der Waals surface area contributed by atoms with Crippen LogP contribution in [0.25, 0.3) is 0 Å². The highest BCUT2D eigenvalue weighted by Crippen LogP contribution is 2.08. The molecule has 1 aromatic carbocycles. The molecule has 1 fully saturated rings. The van der Waals surface area contributed by atoms with Gasteiger partial charge in [-0.25, -0.2) is 0 Å². The number of benzene rings is 1. The average molecular weight is 231 g/mol. The number of ketones is 2. The smallest absolute Gasteiger partial charge is 0.164 e. The number of Topliss-reactive ketones (excluding diaryl/α,β-unsaturated/α-hetero) is 2. The van der Waals surface area contributed by atoms with Crippen LogP contribution in [0.5, 0.6) is 0 Å². The van der Waals surface area contributed by atoms with Gasteiger partial charge in [-0.1, -0.05) is 30.3 Å². The molecule has 1 heterocycles. The molecule has 0 amide bonds. The Balaban J connectivity index is 1.79. The third-order valence-electron chi connectivity index (χ3n) is 3.16. The fourth-order valence-corrected chi connectivity index (χ4v) is 2.05. The van der Waals surface area contributed by atoms with E-state index in [1.807, 2.05) is 30.3 Å². The minimum absolute atomic E-state index is 0.183. The Morgan fingerprint density at radius 2 is 1.76 bits per heavy atom. The van der Waals surface area contributed by atoms with Crippen LogP contribution in [0.2, 0.25) is 0 Å². The van der Waals surface area contributed by atoms with Gasteiger partial charge in [0, 0.05) is 44.5 Å². The van der Waals surface area contributed by atoms with Gasteiger partial charge in [0.05, 0.1) is 0 Å². The van der Waals surface area contributed by atoms with Crippen molar-refractivity contribution in [3.05, 3.63) is 35.9 Å². The molecule has 0 N–H and O–H groups in total. The second kappa shape index (κ2) is 5.73. The third-order valence-corrected chi connectivity index (χ3v) is 3.16. The highest BCUT2D eigenvalue weighted by atomic mass is 16.1. The lowest BCUT2D eigenvalue weighted by atomic mass is 10.1. The third kappa shape index (κ3) is 3.49. The van der Waals surface area contributed by atoms with Crippen molar-refractivity contribution in [2.24, 2.45) is 0 Å². The molecule has 2 rings (SSSR count). The van der Waals surface area contributed by atoms with Crippen molar-refractivity contribution in [2.45, 2.75) is 19.3 Å². The number of hydrogen-bond acceptors (Lipinski definition) is 3. The molecule has 0 radical (unpaired) electrons. The molecule has 0 bridgehead atoms. The largest absolute Gasteiger partial charge is 0.302 e. The summed E-state index contributed by atoms with van der Waals surface area (Å²) in [5, 5.41) is 0. The van der Waals surface area contributed by atoms with Crippen LogP contribution in [0.15, 0.2) is 30.3 Å². The van der Waals surface area contributed by atoms with E-state index >= 15 is 0 Å². The van der Waals surface area contributed by atoms with Crippen molar-refractivity contribution >= 4 is 11.6 Å². The van der Waals surface area contributed by atoms with E-state index < -0.39 is 0 Å². The topological polar surface area (TPSA) is 37.4 Å². The van der Waals surface area contributed by atoms with Crippen LogP contribution in [0.4, 0.5) is 0 Å². The Kier molecular flexibility index (Phi) is 4.04. The molecule has 3 heteroatoms. The second-order valence-corrected chi connectivity index (χ2v) is 4.42. The lowest BCUT2D eigenvalue weighted by Crippen LogP contribution is -2.35. The van der Waals surface area contributed by atoms with Crippen LogP contribution in [-0.2, 0) is 4.79 Å². The van der Waals surface area contributed by atoms with Gasteiger partial charge in [0.15, 0.2) is 5.78 Å². The first kappa shape index (κ1) is 12.0. The highest BCUT2D eigenvalue weighted by molar-refractivity contribution is 5.96. The number of likely N-dealkylation sites (tertiary alicyclic amines) is 1. The van der Waals surface area contributed by atoms with Crippen molar-refractivity contribution in [3.63, 3.8) is 0 Å². The Bertz CT molecular complexity index is 390. The van der Waals surface area contributed by atoms with Gasteiger partial charge in [-0.05, 0) is 0 Å². The zero-order valence-corrected chi connectivity index (χ0v) is 9.89. The molecule has 1 aliphatic rings. The normalized spacial score (nSPS) is 17.1. The summed E-state index contributed by atoms with van der Waals surface area (Å²) in [6, 6.07) is 9.37. The summed E-state index contributed by atoms with van der Waals surface area (Å²) in [5.41, 5.74) is 0.778. The molecule has 0 unspecified atom stereocenters. The molecule has 0 atom stereocenters. The summed E-state index contributed by atoms with van der Waals surface area (Å²) in [6.45, 7) is 2.38. The number of carbonyl (C=O) groups excluding carboxylic acids is 2. The van der Waals surface area contributed by atoms with Gasteiger partial charge in [-0.3, -0.25) is 9.59 Å². The van der Waals surface area contributed by atoms with Crippen molar-refractivity contribution in [3.8, 4) is 0 Å². The van der Waals surface area contributed by atoms with Gasteiger partial charge in [-0.2, -0.15) is 0 Å². The number of piperidine rings is 1. The zero-order chi connectivity index (χ0) is 12.1. The Hall–Kier alpha value is -1.48. The fourth-order valence-electron chi connectivity index (χ4n) is 2.05. The molecule has 0 aliphatic carbocycles. The van der Waals surface area contributed by atoms with Crippen LogP contribution >= 0.6 is 0 Å². The summed E-state index contributed by atoms with van der Waals surface area (Å²) in [7, 11) is 0. The monoisotopic (exact) mass is 231 g/mol. The van der Waals surface area contributed by atoms with Gasteiger partial charge in [0.2, 0.25) is 0 Å². The summed E-state index contributed by atoms with van der Waals surface area (Å²) in [4.78, 5) is 25.1. The number of carbonyl (C=O) groups is 2. The molecule has 0 saturated carbocycles. The predicted octanol–water partition coefficient (Wildman–Crippen LogP) is 1.92. The first-order chi connectivity index (χ1) is 8.25. The van der Waals surface area contributed by atoms with Gasteiger partial charge >= 0.3 is 0 Å². The van der Waals surface area contributed by atoms with Crippen LogP contribution in [0, 0.1) is 0 Å². The Labute approximate surface area is 101 Å². The summed E-state index contributed by atoms with van der Waals surface area (Å²) in [5.74, 6) is 0.526. The van der Waals surface area contributed by atoms with Crippen molar-refractivity contribution in [1.29, 1.82) is 0 Å². The van der Waals surface area contributed by atoms with Gasteiger partial charge in [0.1, 0.15) is 5.78 Å². The molecule has 0 aromatic heterocycles. The van der Waals surface area contributed by atoms with Crippen LogP contribution in [0.3, 0.4) is 0 Å². The molecule has 1 aromatic rings. The van der Waals surface area contributed by atoms with E-state index in [0.717, 1.165) is 25.2 Å². The second-order valence-electron chi connectivity index (χ2n) is 4.42. The molecule has 0 spiro atoms. The van der Waals surface area contributed by atoms with Crippen molar-refractivity contribution < 1.29 is 9.59 Å². The number of nitrogens with zero attached hydrogens (tertiary/aromatic N) is 1. The lowest BCUT2D eigenvalue weighted by Gasteiger charge is -2.25. The molecular formula is C14H17NO2. The van der Waals surface area contributed by atoms with Crippen molar-refractivity contribution in [2.75, 3.05) is 19.6 Å². The maximum absolute atomic E-state index is 11.9. The Morgan fingerprint density at radius 1 is 1.12 bits per heavy atom. The van der Waals surface area contributed by atoms with E-state index in [1.54, 1.807) is 0 Å². The molecule has 1 saturated heterocycles. The molecular weight excluding hydrogens is 214 g/mol. The van der Waals surface area contributed by atoms with E-state index in [2.05, 4.69) is 4.90 Å². The summed E-state index contributed by atoms with van der Waals surface area (Å²) in [6.07, 6.45) is 1.82. The predicted molar refractivity (Wildman–Crippen MR) is 66.1 cm³/mol. The first-order valence-electron chi connectivity index (χ1n) is 6.08. The Morgan fingerprint density at radius 3 is 2.41 bits per heavy atom. The molecule has 1 aliphatic heterocycles. The minimum atomic E-state index is 0.183. The zero-order valence-electron chi connectivity index (χ0n) is 9.89. The number of rotatable bonds is 4. The average Bonchev–Trinajstić information content (AvgIpc) is 2.39. The lowest BCUT2D eigenvalue weighted by molar-refractivity contribution is -0.121. The SMILES string of the molecule is O=C1CCN(CCC(=O)c2ccccc2)CC1. The minimum Gasteiger partial charge on any atom is -0.302 e. The van der Waals surface area contributed by atoms with Crippen LogP contribution < -0.4 is 0 Å². The molecule has 90 valence electrons. The van der Waals surface area contributed by atoms with E-state index in [4.69, 9.17) is 0 Å². The van der Waals surface area contributed by atoms with Gasteiger partial charge in [0.25, 0.3) is 0 Å². The summed E-state index contributed by atoms with van der Waals surface area (Å²) >= 11 is 0. The maximum atomic E-state index is 11.9. The molecule has 17 heavy (non-hydrogen) atoms. The maximum Gasteiger partial charge on any atom is 0.164 e. The van der Waals surface area contributed by atoms with E-state index in [9.17, 15) is 9.59 Å². The van der Waals surface area contributed by atoms with Gasteiger partial charge in [-0.15, -0.1) is 0 Å². The van der Waals surface area contributed by atoms with Crippen molar-refractivity contribution in [1.82, 2.24) is 4.90 Å².